The molecular formula is C20H24N4OS. The van der Waals surface area contributed by atoms with Crippen molar-refractivity contribution < 1.29 is 4.74 Å². The van der Waals surface area contributed by atoms with Gasteiger partial charge in [0, 0.05) is 32.7 Å². The number of methoxy groups -OCH3 is 1. The van der Waals surface area contributed by atoms with Crippen LogP contribution in [0.3, 0.4) is 0 Å². The van der Waals surface area contributed by atoms with Crippen LogP contribution in [-0.4, -0.2) is 49.7 Å². The van der Waals surface area contributed by atoms with Gasteiger partial charge in [0.25, 0.3) is 0 Å². The van der Waals surface area contributed by atoms with Crippen molar-refractivity contribution in [2.75, 3.05) is 44.7 Å². The SMILES string of the molecule is COc1ccccc1N1CCN(CC(N)c2nc3ccccc3s2)CC1. The summed E-state index contributed by atoms with van der Waals surface area (Å²) < 4.78 is 6.70. The van der Waals surface area contributed by atoms with Crippen LogP contribution in [-0.2, 0) is 0 Å². The summed E-state index contributed by atoms with van der Waals surface area (Å²) in [6, 6.07) is 16.4. The second kappa shape index (κ2) is 7.61. The maximum Gasteiger partial charge on any atom is 0.142 e. The predicted molar refractivity (Wildman–Crippen MR) is 108 cm³/mol. The van der Waals surface area contributed by atoms with E-state index in [1.54, 1.807) is 18.4 Å². The van der Waals surface area contributed by atoms with Gasteiger partial charge < -0.3 is 15.4 Å². The minimum absolute atomic E-state index is 0.0368. The summed E-state index contributed by atoms with van der Waals surface area (Å²) in [6.07, 6.45) is 0. The first-order valence-electron chi connectivity index (χ1n) is 8.96. The molecule has 0 spiro atoms. The Kier molecular flexibility index (Phi) is 5.06. The monoisotopic (exact) mass is 368 g/mol. The fraction of sp³-hybridized carbons (Fsp3) is 0.350. The number of nitrogens with zero attached hydrogens (tertiary/aromatic N) is 3. The van der Waals surface area contributed by atoms with E-state index in [-0.39, 0.29) is 6.04 Å². The normalized spacial score (nSPS) is 16.8. The van der Waals surface area contributed by atoms with Gasteiger partial charge in [-0.25, -0.2) is 4.98 Å². The number of ether oxygens (including phenoxy) is 1. The van der Waals surface area contributed by atoms with Crippen LogP contribution in [0, 0.1) is 0 Å². The lowest BCUT2D eigenvalue weighted by Crippen LogP contribution is -2.48. The van der Waals surface area contributed by atoms with Crippen molar-refractivity contribution in [2.24, 2.45) is 5.73 Å². The number of hydrogen-bond donors (Lipinski definition) is 1. The topological polar surface area (TPSA) is 54.6 Å². The number of piperazine rings is 1. The zero-order valence-corrected chi connectivity index (χ0v) is 15.8. The first-order chi connectivity index (χ1) is 12.7. The highest BCUT2D eigenvalue weighted by Crippen LogP contribution is 2.29. The van der Waals surface area contributed by atoms with Crippen LogP contribution in [0.25, 0.3) is 10.2 Å². The Morgan fingerprint density at radius 2 is 1.81 bits per heavy atom. The summed E-state index contributed by atoms with van der Waals surface area (Å²) in [5.41, 5.74) is 8.67. The molecule has 1 aromatic heterocycles. The molecule has 0 amide bonds. The highest BCUT2D eigenvalue weighted by Gasteiger charge is 2.22. The van der Waals surface area contributed by atoms with Crippen molar-refractivity contribution in [2.45, 2.75) is 6.04 Å². The molecule has 2 aromatic carbocycles. The molecule has 3 aromatic rings. The van der Waals surface area contributed by atoms with Crippen LogP contribution in [0.4, 0.5) is 5.69 Å². The van der Waals surface area contributed by atoms with Gasteiger partial charge in [0.15, 0.2) is 0 Å². The summed E-state index contributed by atoms with van der Waals surface area (Å²) in [7, 11) is 1.73. The third kappa shape index (κ3) is 3.53. The molecule has 1 fully saturated rings. The molecule has 1 aliphatic rings. The Morgan fingerprint density at radius 1 is 1.08 bits per heavy atom. The highest BCUT2D eigenvalue weighted by atomic mass is 32.1. The number of rotatable bonds is 5. The molecule has 4 rings (SSSR count). The van der Waals surface area contributed by atoms with Gasteiger partial charge in [-0.1, -0.05) is 24.3 Å². The Morgan fingerprint density at radius 3 is 2.58 bits per heavy atom. The molecule has 0 radical (unpaired) electrons. The molecule has 2 heterocycles. The van der Waals surface area contributed by atoms with Crippen LogP contribution in [0.5, 0.6) is 5.75 Å². The number of thiazole rings is 1. The lowest BCUT2D eigenvalue weighted by molar-refractivity contribution is 0.242. The zero-order valence-electron chi connectivity index (χ0n) is 15.0. The van der Waals surface area contributed by atoms with Crippen molar-refractivity contribution >= 4 is 27.2 Å². The van der Waals surface area contributed by atoms with Gasteiger partial charge >= 0.3 is 0 Å². The van der Waals surface area contributed by atoms with Gasteiger partial charge in [-0.3, -0.25) is 4.90 Å². The summed E-state index contributed by atoms with van der Waals surface area (Å²) in [5.74, 6) is 0.937. The number of anilines is 1. The van der Waals surface area contributed by atoms with E-state index < -0.39 is 0 Å². The van der Waals surface area contributed by atoms with Crippen molar-refractivity contribution in [3.8, 4) is 5.75 Å². The van der Waals surface area contributed by atoms with Gasteiger partial charge in [0.05, 0.1) is 29.1 Å². The van der Waals surface area contributed by atoms with Crippen molar-refractivity contribution in [3.63, 3.8) is 0 Å². The smallest absolute Gasteiger partial charge is 0.142 e. The lowest BCUT2D eigenvalue weighted by atomic mass is 10.2. The molecule has 6 heteroatoms. The Bertz CT molecular complexity index is 840. The molecule has 1 saturated heterocycles. The first-order valence-corrected chi connectivity index (χ1v) is 9.77. The average molecular weight is 369 g/mol. The van der Waals surface area contributed by atoms with Gasteiger partial charge in [-0.15, -0.1) is 11.3 Å². The van der Waals surface area contributed by atoms with E-state index in [0.29, 0.717) is 0 Å². The second-order valence-corrected chi connectivity index (χ2v) is 7.65. The minimum Gasteiger partial charge on any atom is -0.495 e. The molecule has 1 aliphatic heterocycles. The number of para-hydroxylation sites is 3. The molecule has 1 atom stereocenters. The third-order valence-corrected chi connectivity index (χ3v) is 6.05. The molecule has 1 unspecified atom stereocenters. The summed E-state index contributed by atoms with van der Waals surface area (Å²) in [5, 5.41) is 1.03. The summed E-state index contributed by atoms with van der Waals surface area (Å²) in [4.78, 5) is 9.52. The van der Waals surface area contributed by atoms with E-state index in [1.165, 1.54) is 10.4 Å². The molecule has 2 N–H and O–H groups in total. The maximum atomic E-state index is 6.45. The van der Waals surface area contributed by atoms with E-state index in [2.05, 4.69) is 28.0 Å². The number of nitrogens with two attached hydrogens (primary N) is 1. The largest absolute Gasteiger partial charge is 0.495 e. The second-order valence-electron chi connectivity index (χ2n) is 6.59. The van der Waals surface area contributed by atoms with E-state index in [1.807, 2.05) is 30.3 Å². The van der Waals surface area contributed by atoms with Crippen LogP contribution in [0.2, 0.25) is 0 Å². The quantitative estimate of drug-likeness (QED) is 0.750. The highest BCUT2D eigenvalue weighted by molar-refractivity contribution is 7.18. The Hall–Kier alpha value is -2.15. The van der Waals surface area contributed by atoms with Gasteiger partial charge in [0.1, 0.15) is 10.8 Å². The molecule has 5 nitrogen and oxygen atoms in total. The van der Waals surface area contributed by atoms with E-state index in [9.17, 15) is 0 Å². The van der Waals surface area contributed by atoms with Crippen LogP contribution >= 0.6 is 11.3 Å². The Labute approximate surface area is 158 Å². The fourth-order valence-corrected chi connectivity index (χ4v) is 4.43. The van der Waals surface area contributed by atoms with Gasteiger partial charge in [-0.2, -0.15) is 0 Å². The van der Waals surface area contributed by atoms with E-state index in [0.717, 1.165) is 49.0 Å². The molecule has 0 saturated carbocycles. The number of hydrogen-bond acceptors (Lipinski definition) is 6. The average Bonchev–Trinajstić information content (AvgIpc) is 3.13. The predicted octanol–water partition coefficient (Wildman–Crippen LogP) is 3.13. The molecular weight excluding hydrogens is 344 g/mol. The standard InChI is InChI=1S/C20H24N4OS/c1-25-18-8-4-3-7-17(18)24-12-10-23(11-13-24)14-15(21)20-22-16-6-2-5-9-19(16)26-20/h2-9,15H,10-14,21H2,1H3. The van der Waals surface area contributed by atoms with Gasteiger partial charge in [0.2, 0.25) is 0 Å². The number of fused-ring (bicyclic) bond motifs is 1. The zero-order chi connectivity index (χ0) is 17.9. The first kappa shape index (κ1) is 17.3. The molecule has 26 heavy (non-hydrogen) atoms. The van der Waals surface area contributed by atoms with Gasteiger partial charge in [-0.05, 0) is 24.3 Å². The fourth-order valence-electron chi connectivity index (χ4n) is 3.47. The van der Waals surface area contributed by atoms with Crippen LogP contribution in [0.15, 0.2) is 48.5 Å². The van der Waals surface area contributed by atoms with Crippen molar-refractivity contribution in [3.05, 3.63) is 53.5 Å². The number of benzene rings is 2. The van der Waals surface area contributed by atoms with Crippen molar-refractivity contribution in [1.29, 1.82) is 0 Å². The van der Waals surface area contributed by atoms with E-state index in [4.69, 9.17) is 15.5 Å². The molecule has 0 bridgehead atoms. The third-order valence-electron chi connectivity index (χ3n) is 4.88. The molecule has 136 valence electrons. The van der Waals surface area contributed by atoms with Crippen molar-refractivity contribution in [1.82, 2.24) is 9.88 Å². The molecule has 0 aliphatic carbocycles. The lowest BCUT2D eigenvalue weighted by Gasteiger charge is -2.37. The van der Waals surface area contributed by atoms with E-state index >= 15 is 0 Å². The Balaban J connectivity index is 1.37. The van der Waals surface area contributed by atoms with Crippen LogP contribution in [0.1, 0.15) is 11.0 Å². The minimum atomic E-state index is -0.0368. The number of aromatic nitrogens is 1. The van der Waals surface area contributed by atoms with Crippen LogP contribution < -0.4 is 15.4 Å². The summed E-state index contributed by atoms with van der Waals surface area (Å²) >= 11 is 1.71. The summed E-state index contributed by atoms with van der Waals surface area (Å²) in [6.45, 7) is 4.80. The maximum absolute atomic E-state index is 6.45.